The summed E-state index contributed by atoms with van der Waals surface area (Å²) in [6.07, 6.45) is 0.959. The van der Waals surface area contributed by atoms with Crippen LogP contribution >= 0.6 is 23.2 Å². The van der Waals surface area contributed by atoms with Gasteiger partial charge in [0, 0.05) is 5.02 Å². The number of benzene rings is 2. The van der Waals surface area contributed by atoms with Crippen molar-refractivity contribution in [3.05, 3.63) is 58.1 Å². The van der Waals surface area contributed by atoms with Gasteiger partial charge in [-0.25, -0.2) is 0 Å². The molecule has 2 aromatic carbocycles. The Morgan fingerprint density at radius 3 is 2.18 bits per heavy atom. The third-order valence-electron chi connectivity index (χ3n) is 4.02. The Morgan fingerprint density at radius 2 is 1.57 bits per heavy atom. The zero-order valence-electron chi connectivity index (χ0n) is 15.6. The molecular weight excluding hydrogens is 403 g/mol. The van der Waals surface area contributed by atoms with E-state index in [0.717, 1.165) is 12.0 Å². The summed E-state index contributed by atoms with van der Waals surface area (Å²) < 4.78 is 10.9. The van der Waals surface area contributed by atoms with Crippen LogP contribution < -0.4 is 20.3 Å². The lowest BCUT2D eigenvalue weighted by Crippen LogP contribution is -2.45. The number of hydrogen-bond acceptors (Lipinski definition) is 4. The molecule has 0 fully saturated rings. The number of para-hydroxylation sites is 1. The van der Waals surface area contributed by atoms with Crippen LogP contribution in [0.15, 0.2) is 42.5 Å². The van der Waals surface area contributed by atoms with Crippen LogP contribution in [0.4, 0.5) is 0 Å². The largest absolute Gasteiger partial charge is 0.483 e. The van der Waals surface area contributed by atoms with Gasteiger partial charge in [-0.15, -0.1) is 0 Å². The Kier molecular flexibility index (Phi) is 8.42. The summed E-state index contributed by atoms with van der Waals surface area (Å²) in [4.78, 5) is 23.7. The molecule has 0 saturated heterocycles. The van der Waals surface area contributed by atoms with Gasteiger partial charge in [0.05, 0.1) is 5.02 Å². The highest BCUT2D eigenvalue weighted by Gasteiger charge is 2.12. The van der Waals surface area contributed by atoms with Gasteiger partial charge in [0.2, 0.25) is 0 Å². The van der Waals surface area contributed by atoms with Crippen molar-refractivity contribution in [3.8, 4) is 11.5 Å². The molecule has 28 heavy (non-hydrogen) atoms. The zero-order valence-corrected chi connectivity index (χ0v) is 17.1. The van der Waals surface area contributed by atoms with Crippen LogP contribution in [-0.4, -0.2) is 25.0 Å². The fourth-order valence-electron chi connectivity index (χ4n) is 2.33. The van der Waals surface area contributed by atoms with Gasteiger partial charge in [0.15, 0.2) is 13.2 Å². The maximum Gasteiger partial charge on any atom is 0.276 e. The average molecular weight is 425 g/mol. The van der Waals surface area contributed by atoms with Crippen LogP contribution in [0.3, 0.4) is 0 Å². The summed E-state index contributed by atoms with van der Waals surface area (Å²) >= 11 is 11.8. The lowest BCUT2D eigenvalue weighted by molar-refractivity contribution is -0.131. The first-order chi connectivity index (χ1) is 13.4. The van der Waals surface area contributed by atoms with Crippen molar-refractivity contribution in [1.82, 2.24) is 10.9 Å². The summed E-state index contributed by atoms with van der Waals surface area (Å²) in [6.45, 7) is 3.63. The van der Waals surface area contributed by atoms with Crippen molar-refractivity contribution in [2.75, 3.05) is 13.2 Å². The van der Waals surface area contributed by atoms with Crippen molar-refractivity contribution < 1.29 is 19.1 Å². The Morgan fingerprint density at radius 1 is 0.964 bits per heavy atom. The second-order valence-electron chi connectivity index (χ2n) is 6.10. The molecule has 1 atom stereocenters. The third-order valence-corrected chi connectivity index (χ3v) is 4.55. The van der Waals surface area contributed by atoms with E-state index in [4.69, 9.17) is 32.7 Å². The monoisotopic (exact) mass is 424 g/mol. The minimum atomic E-state index is -0.542. The Balaban J connectivity index is 1.76. The second kappa shape index (κ2) is 10.8. The van der Waals surface area contributed by atoms with Crippen molar-refractivity contribution in [2.24, 2.45) is 0 Å². The first-order valence-electron chi connectivity index (χ1n) is 8.78. The minimum absolute atomic E-state index is 0.225. The molecule has 0 aromatic heterocycles. The SMILES string of the molecule is CCC(C)c1ccccc1OCC(=O)NNC(=O)COc1ccc(Cl)cc1Cl. The standard InChI is InChI=1S/C20H22Cl2N2O4/c1-3-13(2)15-6-4-5-7-17(15)27-11-19(25)23-24-20(26)12-28-18-9-8-14(21)10-16(18)22/h4-10,13H,3,11-12H2,1-2H3,(H,23,25)(H,24,26). The van der Waals surface area contributed by atoms with Gasteiger partial charge in [0.25, 0.3) is 11.8 Å². The third kappa shape index (κ3) is 6.62. The lowest BCUT2D eigenvalue weighted by atomic mass is 9.98. The first kappa shape index (κ1) is 21.9. The summed E-state index contributed by atoms with van der Waals surface area (Å²) in [5.74, 6) is 0.253. The van der Waals surface area contributed by atoms with E-state index in [1.54, 1.807) is 12.1 Å². The minimum Gasteiger partial charge on any atom is -0.483 e. The summed E-state index contributed by atoms with van der Waals surface area (Å²) in [5.41, 5.74) is 5.57. The predicted molar refractivity (Wildman–Crippen MR) is 109 cm³/mol. The fraction of sp³-hybridized carbons (Fsp3) is 0.300. The average Bonchev–Trinajstić information content (AvgIpc) is 2.69. The lowest BCUT2D eigenvalue weighted by Gasteiger charge is -2.15. The molecule has 0 radical (unpaired) electrons. The van der Waals surface area contributed by atoms with E-state index < -0.39 is 11.8 Å². The Bertz CT molecular complexity index is 830. The van der Waals surface area contributed by atoms with Crippen LogP contribution in [0.2, 0.25) is 10.0 Å². The van der Waals surface area contributed by atoms with E-state index in [2.05, 4.69) is 24.7 Å². The van der Waals surface area contributed by atoms with E-state index in [0.29, 0.717) is 22.4 Å². The molecule has 0 aliphatic carbocycles. The van der Waals surface area contributed by atoms with Gasteiger partial charge in [-0.3, -0.25) is 20.4 Å². The predicted octanol–water partition coefficient (Wildman–Crippen LogP) is 4.11. The molecular formula is C20H22Cl2N2O4. The molecule has 6 nitrogen and oxygen atoms in total. The number of halogens is 2. The number of amides is 2. The summed E-state index contributed by atoms with van der Waals surface area (Å²) in [6, 6.07) is 12.2. The molecule has 0 heterocycles. The van der Waals surface area contributed by atoms with Gasteiger partial charge in [-0.1, -0.05) is 55.2 Å². The quantitative estimate of drug-likeness (QED) is 0.624. The van der Waals surface area contributed by atoms with E-state index >= 15 is 0 Å². The van der Waals surface area contributed by atoms with Crippen LogP contribution in [0.1, 0.15) is 31.7 Å². The normalized spacial score (nSPS) is 11.4. The number of ether oxygens (including phenoxy) is 2. The smallest absolute Gasteiger partial charge is 0.276 e. The van der Waals surface area contributed by atoms with Crippen molar-refractivity contribution in [2.45, 2.75) is 26.2 Å². The van der Waals surface area contributed by atoms with E-state index in [-0.39, 0.29) is 18.2 Å². The van der Waals surface area contributed by atoms with Gasteiger partial charge in [-0.2, -0.15) is 0 Å². The van der Waals surface area contributed by atoms with Crippen LogP contribution in [-0.2, 0) is 9.59 Å². The highest BCUT2D eigenvalue weighted by Crippen LogP contribution is 2.28. The molecule has 2 amide bonds. The van der Waals surface area contributed by atoms with Gasteiger partial charge in [-0.05, 0) is 42.2 Å². The molecule has 8 heteroatoms. The number of carbonyl (C=O) groups excluding carboxylic acids is 2. The molecule has 0 bridgehead atoms. The second-order valence-corrected chi connectivity index (χ2v) is 6.94. The molecule has 0 saturated carbocycles. The molecule has 2 aromatic rings. The van der Waals surface area contributed by atoms with Crippen molar-refractivity contribution in [1.29, 1.82) is 0 Å². The van der Waals surface area contributed by atoms with Gasteiger partial charge in [0.1, 0.15) is 11.5 Å². The maximum absolute atomic E-state index is 11.9. The maximum atomic E-state index is 11.9. The zero-order chi connectivity index (χ0) is 20.5. The highest BCUT2D eigenvalue weighted by atomic mass is 35.5. The Labute approximate surface area is 174 Å². The molecule has 2 N–H and O–H groups in total. The highest BCUT2D eigenvalue weighted by molar-refractivity contribution is 6.35. The van der Waals surface area contributed by atoms with Crippen molar-refractivity contribution in [3.63, 3.8) is 0 Å². The van der Waals surface area contributed by atoms with Gasteiger partial charge >= 0.3 is 0 Å². The Hall–Kier alpha value is -2.44. The first-order valence-corrected chi connectivity index (χ1v) is 9.53. The van der Waals surface area contributed by atoms with Crippen molar-refractivity contribution >= 4 is 35.0 Å². The van der Waals surface area contributed by atoms with E-state index in [1.165, 1.54) is 6.07 Å². The van der Waals surface area contributed by atoms with Crippen LogP contribution in [0.5, 0.6) is 11.5 Å². The number of hydrazine groups is 1. The number of carbonyl (C=O) groups is 2. The summed E-state index contributed by atoms with van der Waals surface area (Å²) in [5, 5.41) is 0.752. The van der Waals surface area contributed by atoms with Gasteiger partial charge < -0.3 is 9.47 Å². The fourth-order valence-corrected chi connectivity index (χ4v) is 2.79. The molecule has 2 rings (SSSR count). The van der Waals surface area contributed by atoms with Crippen LogP contribution in [0, 0.1) is 0 Å². The van der Waals surface area contributed by atoms with E-state index in [9.17, 15) is 9.59 Å². The number of hydrogen-bond donors (Lipinski definition) is 2. The molecule has 0 aliphatic rings. The van der Waals surface area contributed by atoms with E-state index in [1.807, 2.05) is 24.3 Å². The molecule has 0 spiro atoms. The summed E-state index contributed by atoms with van der Waals surface area (Å²) in [7, 11) is 0. The number of rotatable bonds is 8. The molecule has 0 aliphatic heterocycles. The topological polar surface area (TPSA) is 76.7 Å². The molecule has 150 valence electrons. The van der Waals surface area contributed by atoms with Crippen LogP contribution in [0.25, 0.3) is 0 Å². The number of nitrogens with one attached hydrogen (secondary N) is 2. The molecule has 1 unspecified atom stereocenters.